The largest absolute Gasteiger partial charge is 0.403 e. The Bertz CT molecular complexity index is 568. The monoisotopic (exact) mass is 489 g/mol. The first-order chi connectivity index (χ1) is 11.9. The molecule has 1 atom stereocenters. The van der Waals surface area contributed by atoms with Gasteiger partial charge in [0, 0.05) is 52.7 Å². The third-order valence-corrected chi connectivity index (χ3v) is 4.49. The van der Waals surface area contributed by atoms with E-state index in [0.717, 1.165) is 12.2 Å². The lowest BCUT2D eigenvalue weighted by Crippen LogP contribution is -2.56. The molecular formula is C15H27F3IN7. The Hall–Kier alpha value is -1.11. The molecule has 1 saturated heterocycles. The number of guanidine groups is 1. The van der Waals surface area contributed by atoms with Gasteiger partial charge in [-0.25, -0.2) is 0 Å². The van der Waals surface area contributed by atoms with Crippen molar-refractivity contribution < 1.29 is 13.2 Å². The van der Waals surface area contributed by atoms with E-state index in [9.17, 15) is 13.2 Å². The molecule has 0 saturated carbocycles. The summed E-state index contributed by atoms with van der Waals surface area (Å²) in [6, 6.07) is -1.41. The van der Waals surface area contributed by atoms with Crippen molar-refractivity contribution in [1.29, 1.82) is 0 Å². The Morgan fingerprint density at radius 3 is 2.50 bits per heavy atom. The van der Waals surface area contributed by atoms with Gasteiger partial charge < -0.3 is 14.8 Å². The minimum atomic E-state index is -4.18. The molecule has 2 heterocycles. The van der Waals surface area contributed by atoms with Crippen molar-refractivity contribution in [3.8, 4) is 0 Å². The summed E-state index contributed by atoms with van der Waals surface area (Å²) in [5, 5.41) is 11.2. The van der Waals surface area contributed by atoms with Crippen molar-refractivity contribution in [3.63, 3.8) is 0 Å². The molecule has 0 aromatic carbocycles. The zero-order valence-electron chi connectivity index (χ0n) is 15.3. The molecule has 26 heavy (non-hydrogen) atoms. The maximum absolute atomic E-state index is 12.8. The molecule has 1 aromatic rings. The van der Waals surface area contributed by atoms with Crippen LogP contribution < -0.4 is 5.32 Å². The highest BCUT2D eigenvalue weighted by molar-refractivity contribution is 14.0. The van der Waals surface area contributed by atoms with Crippen LogP contribution in [0.25, 0.3) is 0 Å². The van der Waals surface area contributed by atoms with Crippen LogP contribution in [0.3, 0.4) is 0 Å². The standard InChI is InChI=1S/C15H26F3N7.HI/c1-4-13-22-21-11-25(13)6-5-20-14(19-3)24-9-7-23(8-10-24)12(2)15(16,17)18;/h11-12H,4-10H2,1-3H3,(H,19,20);1H. The lowest BCUT2D eigenvalue weighted by atomic mass is 10.2. The number of alkyl halides is 3. The zero-order chi connectivity index (χ0) is 18.4. The second kappa shape index (κ2) is 10.3. The van der Waals surface area contributed by atoms with Crippen LogP contribution in [0.1, 0.15) is 19.7 Å². The summed E-state index contributed by atoms with van der Waals surface area (Å²) in [5.74, 6) is 1.64. The predicted molar refractivity (Wildman–Crippen MR) is 105 cm³/mol. The Balaban J connectivity index is 0.00000338. The average molecular weight is 489 g/mol. The van der Waals surface area contributed by atoms with E-state index in [1.54, 1.807) is 13.4 Å². The van der Waals surface area contributed by atoms with Gasteiger partial charge in [0.05, 0.1) is 0 Å². The fourth-order valence-electron chi connectivity index (χ4n) is 2.89. The number of aromatic nitrogens is 3. The predicted octanol–water partition coefficient (Wildman–Crippen LogP) is 1.60. The number of hydrogen-bond donors (Lipinski definition) is 1. The topological polar surface area (TPSA) is 61.6 Å². The van der Waals surface area contributed by atoms with Gasteiger partial charge in [-0.3, -0.25) is 9.89 Å². The van der Waals surface area contributed by atoms with Crippen LogP contribution in [0.5, 0.6) is 0 Å². The van der Waals surface area contributed by atoms with Crippen molar-refractivity contribution >= 4 is 29.9 Å². The number of aliphatic imine (C=N–C) groups is 1. The fraction of sp³-hybridized carbons (Fsp3) is 0.800. The quantitative estimate of drug-likeness (QED) is 0.387. The summed E-state index contributed by atoms with van der Waals surface area (Å²) >= 11 is 0. The van der Waals surface area contributed by atoms with E-state index in [4.69, 9.17) is 0 Å². The van der Waals surface area contributed by atoms with E-state index < -0.39 is 12.2 Å². The molecule has 1 N–H and O–H groups in total. The SMILES string of the molecule is CCc1nncn1CCNC(=NC)N1CCN(C(C)C(F)(F)F)CC1.I. The van der Waals surface area contributed by atoms with Crippen LogP contribution >= 0.6 is 24.0 Å². The third-order valence-electron chi connectivity index (χ3n) is 4.49. The summed E-state index contributed by atoms with van der Waals surface area (Å²) < 4.78 is 40.4. The van der Waals surface area contributed by atoms with Crippen molar-refractivity contribution in [2.45, 2.75) is 39.0 Å². The highest BCUT2D eigenvalue weighted by atomic mass is 127. The van der Waals surface area contributed by atoms with Gasteiger partial charge in [0.1, 0.15) is 18.2 Å². The second-order valence-electron chi connectivity index (χ2n) is 6.01. The van der Waals surface area contributed by atoms with E-state index in [2.05, 4.69) is 20.5 Å². The minimum Gasteiger partial charge on any atom is -0.354 e. The van der Waals surface area contributed by atoms with Crippen molar-refractivity contribution in [1.82, 2.24) is 29.9 Å². The first-order valence-corrected chi connectivity index (χ1v) is 8.49. The van der Waals surface area contributed by atoms with Gasteiger partial charge >= 0.3 is 6.18 Å². The van der Waals surface area contributed by atoms with Crippen molar-refractivity contribution in [3.05, 3.63) is 12.2 Å². The smallest absolute Gasteiger partial charge is 0.354 e. The molecule has 0 amide bonds. The maximum Gasteiger partial charge on any atom is 0.403 e. The summed E-state index contributed by atoms with van der Waals surface area (Å²) in [6.07, 6.45) is -1.67. The molecule has 150 valence electrons. The molecule has 2 rings (SSSR count). The van der Waals surface area contributed by atoms with E-state index in [0.29, 0.717) is 45.2 Å². The number of halogens is 4. The van der Waals surface area contributed by atoms with Gasteiger partial charge in [-0.1, -0.05) is 6.92 Å². The van der Waals surface area contributed by atoms with Crippen LogP contribution in [0.4, 0.5) is 13.2 Å². The number of nitrogens with one attached hydrogen (secondary N) is 1. The Kier molecular flexibility index (Phi) is 9.07. The van der Waals surface area contributed by atoms with Crippen LogP contribution in [0.2, 0.25) is 0 Å². The number of nitrogens with zero attached hydrogens (tertiary/aromatic N) is 6. The van der Waals surface area contributed by atoms with Gasteiger partial charge in [-0.05, 0) is 6.92 Å². The van der Waals surface area contributed by atoms with Crippen LogP contribution in [0.15, 0.2) is 11.3 Å². The average Bonchev–Trinajstić information content (AvgIpc) is 3.05. The van der Waals surface area contributed by atoms with E-state index in [1.165, 1.54) is 11.8 Å². The Morgan fingerprint density at radius 2 is 1.96 bits per heavy atom. The highest BCUT2D eigenvalue weighted by Crippen LogP contribution is 2.25. The van der Waals surface area contributed by atoms with Crippen molar-refractivity contribution in [2.24, 2.45) is 4.99 Å². The maximum atomic E-state index is 12.8. The van der Waals surface area contributed by atoms with Gasteiger partial charge in [-0.2, -0.15) is 13.2 Å². The Labute approximate surface area is 169 Å². The molecule has 0 aliphatic carbocycles. The highest BCUT2D eigenvalue weighted by Gasteiger charge is 2.41. The lowest BCUT2D eigenvalue weighted by molar-refractivity contribution is -0.181. The minimum absolute atomic E-state index is 0. The molecule has 7 nitrogen and oxygen atoms in total. The van der Waals surface area contributed by atoms with Crippen LogP contribution in [0, 0.1) is 0 Å². The number of aryl methyl sites for hydroxylation is 1. The molecule has 1 aliphatic rings. The van der Waals surface area contributed by atoms with E-state index >= 15 is 0 Å². The van der Waals surface area contributed by atoms with Crippen molar-refractivity contribution in [2.75, 3.05) is 39.8 Å². The second-order valence-corrected chi connectivity index (χ2v) is 6.01. The molecule has 0 spiro atoms. The van der Waals surface area contributed by atoms with Gasteiger partial charge in [0.15, 0.2) is 5.96 Å². The molecular weight excluding hydrogens is 462 g/mol. The van der Waals surface area contributed by atoms with Gasteiger partial charge in [0.2, 0.25) is 0 Å². The summed E-state index contributed by atoms with van der Waals surface area (Å²) in [4.78, 5) is 7.70. The van der Waals surface area contributed by atoms with Crippen LogP contribution in [-0.4, -0.2) is 82.5 Å². The molecule has 11 heteroatoms. The summed E-state index contributed by atoms with van der Waals surface area (Å²) in [7, 11) is 1.68. The summed E-state index contributed by atoms with van der Waals surface area (Å²) in [5.41, 5.74) is 0. The first-order valence-electron chi connectivity index (χ1n) is 8.49. The molecule has 1 aliphatic heterocycles. The van der Waals surface area contributed by atoms with Gasteiger partial charge in [-0.15, -0.1) is 34.2 Å². The fourth-order valence-corrected chi connectivity index (χ4v) is 2.89. The summed E-state index contributed by atoms with van der Waals surface area (Å²) in [6.45, 7) is 6.37. The molecule has 0 bridgehead atoms. The third kappa shape index (κ3) is 5.96. The molecule has 0 radical (unpaired) electrons. The number of piperazine rings is 1. The number of hydrogen-bond acceptors (Lipinski definition) is 4. The molecule has 1 fully saturated rings. The zero-order valence-corrected chi connectivity index (χ0v) is 17.7. The first kappa shape index (κ1) is 22.9. The lowest BCUT2D eigenvalue weighted by Gasteiger charge is -2.39. The molecule has 1 unspecified atom stereocenters. The number of rotatable bonds is 5. The molecule has 1 aromatic heterocycles. The van der Waals surface area contributed by atoms with Crippen LogP contribution in [-0.2, 0) is 13.0 Å². The van der Waals surface area contributed by atoms with E-state index in [-0.39, 0.29) is 24.0 Å². The van der Waals surface area contributed by atoms with Gasteiger partial charge in [0.25, 0.3) is 0 Å². The Morgan fingerprint density at radius 1 is 1.31 bits per heavy atom. The van der Waals surface area contributed by atoms with E-state index in [1.807, 2.05) is 16.4 Å². The normalized spacial score (nSPS) is 17.8.